The lowest BCUT2D eigenvalue weighted by Crippen LogP contribution is -1.94. The second-order valence-corrected chi connectivity index (χ2v) is 5.10. The van der Waals surface area contributed by atoms with Gasteiger partial charge in [-0.1, -0.05) is 48.1 Å². The molecule has 0 aliphatic rings. The summed E-state index contributed by atoms with van der Waals surface area (Å²) in [7, 11) is 0. The molecule has 0 spiro atoms. The first-order valence-corrected chi connectivity index (χ1v) is 6.31. The van der Waals surface area contributed by atoms with E-state index >= 15 is 0 Å². The minimum Gasteiger partial charge on any atom is -0.358 e. The van der Waals surface area contributed by atoms with Crippen LogP contribution in [0.15, 0.2) is 35.4 Å². The molecule has 2 aromatic rings. The zero-order valence-corrected chi connectivity index (χ0v) is 11.5. The second-order valence-electron chi connectivity index (χ2n) is 4.10. The van der Waals surface area contributed by atoms with Gasteiger partial charge in [0.05, 0.1) is 4.51 Å². The summed E-state index contributed by atoms with van der Waals surface area (Å²) in [5, 5.41) is 1.90. The number of fused-ring (bicyclic) bond motifs is 1. The largest absolute Gasteiger partial charge is 0.358 e. The maximum absolute atomic E-state index is 5.87. The fourth-order valence-corrected chi connectivity index (χ4v) is 2.38. The van der Waals surface area contributed by atoms with E-state index in [0.29, 0.717) is 0 Å². The molecule has 0 unspecified atom stereocenters. The Morgan fingerprint density at radius 2 is 2.12 bits per heavy atom. The average molecular weight is 264 g/mol. The number of para-hydroxylation sites is 1. The molecule has 17 heavy (non-hydrogen) atoms. The van der Waals surface area contributed by atoms with Crippen molar-refractivity contribution in [1.82, 2.24) is 4.98 Å². The molecule has 0 saturated heterocycles. The number of halogens is 1. The molecule has 0 radical (unpaired) electrons. The SMILES string of the molecule is CC(Cl)=CCc1c(C)[nH]c2ccccc2c1=S. The Morgan fingerprint density at radius 1 is 1.41 bits per heavy atom. The van der Waals surface area contributed by atoms with Gasteiger partial charge in [0.15, 0.2) is 0 Å². The third kappa shape index (κ3) is 2.59. The molecule has 1 N–H and O–H groups in total. The molecule has 0 aliphatic carbocycles. The van der Waals surface area contributed by atoms with Gasteiger partial charge in [-0.2, -0.15) is 0 Å². The van der Waals surface area contributed by atoms with E-state index in [-0.39, 0.29) is 0 Å². The quantitative estimate of drug-likeness (QED) is 0.763. The van der Waals surface area contributed by atoms with Crippen LogP contribution in [0.25, 0.3) is 10.9 Å². The average Bonchev–Trinajstić information content (AvgIpc) is 2.28. The van der Waals surface area contributed by atoms with E-state index in [1.165, 1.54) is 0 Å². The van der Waals surface area contributed by atoms with Gasteiger partial charge in [-0.15, -0.1) is 0 Å². The van der Waals surface area contributed by atoms with Crippen LogP contribution in [0.5, 0.6) is 0 Å². The van der Waals surface area contributed by atoms with Crippen molar-refractivity contribution in [3.8, 4) is 0 Å². The Bertz CT molecular complexity index is 636. The fraction of sp³-hybridized carbons (Fsp3) is 0.214. The predicted molar refractivity (Wildman–Crippen MR) is 77.2 cm³/mol. The number of pyridine rings is 1. The Hall–Kier alpha value is -1.12. The van der Waals surface area contributed by atoms with Crippen LogP contribution in [0.3, 0.4) is 0 Å². The van der Waals surface area contributed by atoms with Crippen molar-refractivity contribution in [2.24, 2.45) is 0 Å². The number of nitrogens with one attached hydrogen (secondary N) is 1. The summed E-state index contributed by atoms with van der Waals surface area (Å²) in [4.78, 5) is 3.38. The summed E-state index contributed by atoms with van der Waals surface area (Å²) in [5.74, 6) is 0. The molecular formula is C14H14ClNS. The summed E-state index contributed by atoms with van der Waals surface area (Å²) in [6.45, 7) is 3.93. The van der Waals surface area contributed by atoms with E-state index in [1.807, 2.05) is 37.3 Å². The molecule has 0 aliphatic heterocycles. The maximum Gasteiger partial charge on any atom is 0.0522 e. The number of aryl methyl sites for hydroxylation is 1. The van der Waals surface area contributed by atoms with Crippen molar-refractivity contribution in [2.75, 3.05) is 0 Å². The number of H-pyrrole nitrogens is 1. The van der Waals surface area contributed by atoms with Gasteiger partial charge in [0.1, 0.15) is 0 Å². The monoisotopic (exact) mass is 263 g/mol. The lowest BCUT2D eigenvalue weighted by molar-refractivity contribution is 1.12. The molecule has 1 heterocycles. The summed E-state index contributed by atoms with van der Waals surface area (Å²) in [6, 6.07) is 8.11. The van der Waals surface area contributed by atoms with Crippen LogP contribution in [0.2, 0.25) is 0 Å². The standard InChI is InChI=1S/C14H14ClNS/c1-9(15)7-8-11-10(2)16-13-6-4-3-5-12(13)14(11)17/h3-7H,8H2,1-2H3,(H,16,17). The van der Waals surface area contributed by atoms with Gasteiger partial charge in [-0.3, -0.25) is 0 Å². The first-order chi connectivity index (χ1) is 8.09. The number of rotatable bonds is 2. The molecule has 1 aromatic heterocycles. The zero-order valence-electron chi connectivity index (χ0n) is 9.88. The van der Waals surface area contributed by atoms with Gasteiger partial charge in [0.25, 0.3) is 0 Å². The summed E-state index contributed by atoms with van der Waals surface area (Å²) < 4.78 is 0.922. The molecule has 1 nitrogen and oxygen atoms in total. The number of hydrogen-bond donors (Lipinski definition) is 1. The number of hydrogen-bond acceptors (Lipinski definition) is 1. The highest BCUT2D eigenvalue weighted by Gasteiger charge is 2.04. The topological polar surface area (TPSA) is 15.8 Å². The van der Waals surface area contributed by atoms with Gasteiger partial charge in [-0.05, 0) is 31.9 Å². The number of benzene rings is 1. The Balaban J connectivity index is 2.64. The van der Waals surface area contributed by atoms with Crippen molar-refractivity contribution >= 4 is 34.7 Å². The van der Waals surface area contributed by atoms with Crippen LogP contribution in [-0.2, 0) is 6.42 Å². The third-order valence-corrected chi connectivity index (χ3v) is 3.43. The molecule has 2 rings (SSSR count). The minimum atomic E-state index is 0.779. The fourth-order valence-electron chi connectivity index (χ4n) is 1.89. The predicted octanol–water partition coefficient (Wildman–Crippen LogP) is 4.89. The second kappa shape index (κ2) is 5.03. The van der Waals surface area contributed by atoms with E-state index < -0.39 is 0 Å². The molecule has 0 amide bonds. The Morgan fingerprint density at radius 3 is 2.82 bits per heavy atom. The van der Waals surface area contributed by atoms with E-state index in [1.54, 1.807) is 0 Å². The third-order valence-electron chi connectivity index (χ3n) is 2.81. The maximum atomic E-state index is 5.87. The summed E-state index contributed by atoms with van der Waals surface area (Å²) in [6.07, 6.45) is 2.77. The molecule has 3 heteroatoms. The summed E-state index contributed by atoms with van der Waals surface area (Å²) >= 11 is 11.4. The van der Waals surface area contributed by atoms with E-state index in [2.05, 4.69) is 11.9 Å². The van der Waals surface area contributed by atoms with E-state index in [4.69, 9.17) is 23.8 Å². The Labute approximate surface area is 111 Å². The first kappa shape index (κ1) is 12.3. The van der Waals surface area contributed by atoms with Crippen LogP contribution in [0.1, 0.15) is 18.2 Å². The van der Waals surface area contributed by atoms with Gasteiger partial charge in [-0.25, -0.2) is 0 Å². The van der Waals surface area contributed by atoms with Crippen LogP contribution < -0.4 is 0 Å². The molecule has 1 aromatic carbocycles. The molecule has 0 saturated carbocycles. The van der Waals surface area contributed by atoms with Gasteiger partial charge >= 0.3 is 0 Å². The highest BCUT2D eigenvalue weighted by molar-refractivity contribution is 7.71. The van der Waals surface area contributed by atoms with Crippen molar-refractivity contribution in [1.29, 1.82) is 0 Å². The highest BCUT2D eigenvalue weighted by atomic mass is 35.5. The van der Waals surface area contributed by atoms with Gasteiger partial charge < -0.3 is 4.98 Å². The van der Waals surface area contributed by atoms with Crippen LogP contribution in [-0.4, -0.2) is 4.98 Å². The van der Waals surface area contributed by atoms with Crippen molar-refractivity contribution in [2.45, 2.75) is 20.3 Å². The molecule has 88 valence electrons. The molecular weight excluding hydrogens is 250 g/mol. The Kier molecular flexibility index (Phi) is 3.65. The van der Waals surface area contributed by atoms with Crippen molar-refractivity contribution in [3.05, 3.63) is 51.1 Å². The lowest BCUT2D eigenvalue weighted by atomic mass is 10.1. The smallest absolute Gasteiger partial charge is 0.0522 e. The normalized spacial score (nSPS) is 12.1. The number of allylic oxidation sites excluding steroid dienone is 2. The summed E-state index contributed by atoms with van der Waals surface area (Å²) in [5.41, 5.74) is 3.35. The number of aromatic amines is 1. The minimum absolute atomic E-state index is 0.779. The van der Waals surface area contributed by atoms with Gasteiger partial charge in [0.2, 0.25) is 0 Å². The van der Waals surface area contributed by atoms with Crippen LogP contribution in [0, 0.1) is 11.4 Å². The first-order valence-electron chi connectivity index (χ1n) is 5.52. The highest BCUT2D eigenvalue weighted by Crippen LogP contribution is 2.20. The number of aromatic nitrogens is 1. The molecule has 0 bridgehead atoms. The zero-order chi connectivity index (χ0) is 12.4. The molecule has 0 fully saturated rings. The van der Waals surface area contributed by atoms with Crippen molar-refractivity contribution < 1.29 is 0 Å². The van der Waals surface area contributed by atoms with Crippen molar-refractivity contribution in [3.63, 3.8) is 0 Å². The van der Waals surface area contributed by atoms with Crippen LogP contribution >= 0.6 is 23.8 Å². The molecule has 0 atom stereocenters. The van der Waals surface area contributed by atoms with E-state index in [0.717, 1.165) is 38.1 Å². The van der Waals surface area contributed by atoms with Crippen LogP contribution in [0.4, 0.5) is 0 Å². The van der Waals surface area contributed by atoms with Gasteiger partial charge in [0, 0.05) is 21.6 Å². The lowest BCUT2D eigenvalue weighted by Gasteiger charge is -2.07. The van der Waals surface area contributed by atoms with E-state index in [9.17, 15) is 0 Å².